The summed E-state index contributed by atoms with van der Waals surface area (Å²) in [6.45, 7) is 1.96. The third kappa shape index (κ3) is 3.69. The van der Waals surface area contributed by atoms with Crippen molar-refractivity contribution in [2.75, 3.05) is 5.32 Å². The molecule has 0 fully saturated rings. The number of carbonyl (C=O) groups excluding carboxylic acids is 1. The summed E-state index contributed by atoms with van der Waals surface area (Å²) in [6, 6.07) is 7.06. The van der Waals surface area contributed by atoms with Gasteiger partial charge in [-0.2, -0.15) is 0 Å². The highest BCUT2D eigenvalue weighted by Gasteiger charge is 2.14. The molecule has 0 atom stereocenters. The van der Waals surface area contributed by atoms with Crippen molar-refractivity contribution in [3.05, 3.63) is 34.3 Å². The summed E-state index contributed by atoms with van der Waals surface area (Å²) in [4.78, 5) is 12.1. The second kappa shape index (κ2) is 6.80. The minimum Gasteiger partial charge on any atom is -0.299 e. The van der Waals surface area contributed by atoms with Crippen LogP contribution in [0.1, 0.15) is 11.9 Å². The Labute approximate surface area is 140 Å². The molecule has 0 aliphatic heterocycles. The van der Waals surface area contributed by atoms with Crippen LogP contribution in [-0.2, 0) is 17.8 Å². The van der Waals surface area contributed by atoms with Gasteiger partial charge in [-0.1, -0.05) is 29.9 Å². The first-order valence-corrected chi connectivity index (χ1v) is 7.99. The zero-order valence-electron chi connectivity index (χ0n) is 12.1. The third-order valence-corrected chi connectivity index (χ3v) is 4.18. The fourth-order valence-electron chi connectivity index (χ4n) is 1.86. The molecule has 0 bridgehead atoms. The van der Waals surface area contributed by atoms with Crippen molar-refractivity contribution >= 4 is 34.0 Å². The van der Waals surface area contributed by atoms with Crippen LogP contribution in [0.5, 0.6) is 0 Å². The molecule has 3 aromatic rings. The van der Waals surface area contributed by atoms with Gasteiger partial charge in [0.25, 0.3) is 0 Å². The molecular formula is C13H12ClN7OS. The topological polar surface area (TPSA) is 98.5 Å². The summed E-state index contributed by atoms with van der Waals surface area (Å²) in [7, 11) is 0. The molecule has 0 radical (unpaired) electrons. The summed E-state index contributed by atoms with van der Waals surface area (Å²) in [5, 5.41) is 23.9. The molecule has 0 saturated carbocycles. The van der Waals surface area contributed by atoms with Gasteiger partial charge in [0.05, 0.1) is 0 Å². The number of nitrogens with one attached hydrogen (secondary N) is 1. The van der Waals surface area contributed by atoms with Crippen molar-refractivity contribution in [3.8, 4) is 11.4 Å². The molecule has 10 heteroatoms. The maximum Gasteiger partial charge on any atom is 0.248 e. The van der Waals surface area contributed by atoms with Gasteiger partial charge in [-0.15, -0.1) is 15.3 Å². The van der Waals surface area contributed by atoms with Gasteiger partial charge in [-0.3, -0.25) is 10.1 Å². The van der Waals surface area contributed by atoms with Crippen LogP contribution in [0.3, 0.4) is 0 Å². The highest BCUT2D eigenvalue weighted by molar-refractivity contribution is 7.15. The van der Waals surface area contributed by atoms with Crippen LogP contribution in [0, 0.1) is 0 Å². The van der Waals surface area contributed by atoms with Crippen LogP contribution in [0.15, 0.2) is 24.3 Å². The number of amides is 1. The Morgan fingerprint density at radius 1 is 1.26 bits per heavy atom. The summed E-state index contributed by atoms with van der Waals surface area (Å²) in [5.74, 6) is 0.217. The number of aromatic nitrogens is 6. The van der Waals surface area contributed by atoms with Gasteiger partial charge in [0.15, 0.2) is 5.82 Å². The second-order valence-corrected chi connectivity index (χ2v) is 6.07. The highest BCUT2D eigenvalue weighted by atomic mass is 35.5. The van der Waals surface area contributed by atoms with E-state index in [1.54, 1.807) is 24.3 Å². The molecule has 3 rings (SSSR count). The van der Waals surface area contributed by atoms with Gasteiger partial charge in [-0.25, -0.2) is 4.68 Å². The minimum atomic E-state index is -0.272. The molecular weight excluding hydrogens is 338 g/mol. The number of aryl methyl sites for hydroxylation is 1. The van der Waals surface area contributed by atoms with Gasteiger partial charge in [0.1, 0.15) is 11.6 Å². The number of hydrogen-bond acceptors (Lipinski definition) is 7. The van der Waals surface area contributed by atoms with Crippen LogP contribution in [-0.4, -0.2) is 36.3 Å². The van der Waals surface area contributed by atoms with Crippen LogP contribution < -0.4 is 5.32 Å². The van der Waals surface area contributed by atoms with E-state index < -0.39 is 0 Å². The Balaban J connectivity index is 1.72. The molecule has 2 heterocycles. The first-order chi connectivity index (χ1) is 11.2. The number of rotatable bonds is 5. The van der Waals surface area contributed by atoms with Crippen molar-refractivity contribution in [1.82, 2.24) is 30.4 Å². The number of anilines is 1. The van der Waals surface area contributed by atoms with Crippen molar-refractivity contribution in [2.24, 2.45) is 0 Å². The molecule has 1 aromatic carbocycles. The summed E-state index contributed by atoms with van der Waals surface area (Å²) in [6.07, 6.45) is 0.779. The zero-order chi connectivity index (χ0) is 16.2. The lowest BCUT2D eigenvalue weighted by molar-refractivity contribution is -0.116. The molecule has 1 N–H and O–H groups in total. The third-order valence-electron chi connectivity index (χ3n) is 2.94. The first kappa shape index (κ1) is 15.5. The molecule has 2 aromatic heterocycles. The lowest BCUT2D eigenvalue weighted by atomic mass is 10.2. The maximum absolute atomic E-state index is 12.1. The Hall–Kier alpha value is -2.39. The molecule has 8 nitrogen and oxygen atoms in total. The Morgan fingerprint density at radius 2 is 2.04 bits per heavy atom. The SMILES string of the molecule is CCc1nnc(NC(=O)Cn2nnnc2-c2ccc(Cl)cc2)s1. The normalized spacial score (nSPS) is 10.7. The lowest BCUT2D eigenvalue weighted by Crippen LogP contribution is -2.20. The van der Waals surface area contributed by atoms with E-state index in [1.165, 1.54) is 16.0 Å². The minimum absolute atomic E-state index is 0.0218. The maximum atomic E-state index is 12.1. The van der Waals surface area contributed by atoms with Crippen molar-refractivity contribution in [3.63, 3.8) is 0 Å². The Kier molecular flexibility index (Phi) is 4.58. The van der Waals surface area contributed by atoms with Crippen molar-refractivity contribution < 1.29 is 4.79 Å². The van der Waals surface area contributed by atoms with Crippen LogP contribution in [0.25, 0.3) is 11.4 Å². The predicted octanol–water partition coefficient (Wildman–Crippen LogP) is 2.05. The van der Waals surface area contributed by atoms with Crippen LogP contribution in [0.2, 0.25) is 5.02 Å². The Bertz CT molecular complexity index is 814. The van der Waals surface area contributed by atoms with Gasteiger partial charge in [-0.05, 0) is 41.1 Å². The van der Waals surface area contributed by atoms with E-state index in [-0.39, 0.29) is 12.5 Å². The molecule has 0 unspecified atom stereocenters. The molecule has 1 amide bonds. The summed E-state index contributed by atoms with van der Waals surface area (Å²) in [5.41, 5.74) is 0.774. The van der Waals surface area contributed by atoms with E-state index in [1.807, 2.05) is 6.92 Å². The van der Waals surface area contributed by atoms with Crippen LogP contribution >= 0.6 is 22.9 Å². The van der Waals surface area contributed by atoms with Gasteiger partial charge in [0.2, 0.25) is 11.0 Å². The van der Waals surface area contributed by atoms with E-state index in [0.717, 1.165) is 17.0 Å². The average Bonchev–Trinajstić information content (AvgIpc) is 3.17. The quantitative estimate of drug-likeness (QED) is 0.756. The van der Waals surface area contributed by atoms with Gasteiger partial charge in [0, 0.05) is 10.6 Å². The standard InChI is InChI=1S/C13H12ClN7OS/c1-2-11-16-18-13(23-11)15-10(22)7-21-12(17-19-20-21)8-3-5-9(14)6-4-8/h3-6H,2,7H2,1H3,(H,15,18,22). The van der Waals surface area contributed by atoms with Gasteiger partial charge < -0.3 is 0 Å². The monoisotopic (exact) mass is 349 g/mol. The number of benzene rings is 1. The van der Waals surface area contributed by atoms with E-state index in [4.69, 9.17) is 11.6 Å². The number of carbonyl (C=O) groups is 1. The number of hydrogen-bond donors (Lipinski definition) is 1. The highest BCUT2D eigenvalue weighted by Crippen LogP contribution is 2.19. The smallest absolute Gasteiger partial charge is 0.248 e. The second-order valence-electron chi connectivity index (χ2n) is 4.57. The zero-order valence-corrected chi connectivity index (χ0v) is 13.7. The van der Waals surface area contributed by atoms with E-state index in [2.05, 4.69) is 31.0 Å². The summed E-state index contributed by atoms with van der Waals surface area (Å²) >= 11 is 7.21. The number of tetrazole rings is 1. The van der Waals surface area contributed by atoms with E-state index >= 15 is 0 Å². The summed E-state index contributed by atoms with van der Waals surface area (Å²) < 4.78 is 1.42. The molecule has 0 aliphatic rings. The molecule has 0 saturated heterocycles. The molecule has 23 heavy (non-hydrogen) atoms. The fraction of sp³-hybridized carbons (Fsp3) is 0.231. The number of halogens is 1. The molecule has 0 aliphatic carbocycles. The van der Waals surface area contributed by atoms with E-state index in [0.29, 0.717) is 16.0 Å². The van der Waals surface area contributed by atoms with Crippen molar-refractivity contribution in [2.45, 2.75) is 19.9 Å². The molecule has 118 valence electrons. The average molecular weight is 350 g/mol. The first-order valence-electron chi connectivity index (χ1n) is 6.80. The largest absolute Gasteiger partial charge is 0.299 e. The number of nitrogens with zero attached hydrogens (tertiary/aromatic N) is 6. The Morgan fingerprint density at radius 3 is 2.74 bits per heavy atom. The molecule has 0 spiro atoms. The van der Waals surface area contributed by atoms with E-state index in [9.17, 15) is 4.79 Å². The van der Waals surface area contributed by atoms with Gasteiger partial charge >= 0.3 is 0 Å². The lowest BCUT2D eigenvalue weighted by Gasteiger charge is -2.04. The predicted molar refractivity (Wildman–Crippen MR) is 86.2 cm³/mol. The fourth-order valence-corrected chi connectivity index (χ4v) is 2.68. The van der Waals surface area contributed by atoms with Crippen molar-refractivity contribution in [1.29, 1.82) is 0 Å². The van der Waals surface area contributed by atoms with Crippen LogP contribution in [0.4, 0.5) is 5.13 Å².